The molecule has 0 atom stereocenters. The van der Waals surface area contributed by atoms with E-state index in [1.807, 2.05) is 27.7 Å². The van der Waals surface area contributed by atoms with Gasteiger partial charge in [0, 0.05) is 34.8 Å². The summed E-state index contributed by atoms with van der Waals surface area (Å²) in [7, 11) is -18.7. The zero-order valence-corrected chi connectivity index (χ0v) is 38.0. The van der Waals surface area contributed by atoms with Gasteiger partial charge < -0.3 is 31.9 Å². The van der Waals surface area contributed by atoms with Crippen LogP contribution in [0.3, 0.4) is 0 Å². The van der Waals surface area contributed by atoms with Crippen LogP contribution in [0, 0.1) is 0 Å². The van der Waals surface area contributed by atoms with Crippen LogP contribution >= 0.6 is 0 Å². The number of hydrogen-bond donors (Lipinski definition) is 10. The number of nitrogens with one attached hydrogen (secondary N) is 6. The SMILES string of the molecule is CC(C)Nc1nc(Nc2ccc(S(=O)(=O)O)cc2)nc(Nc2ccc(C=Cc3ccc(Nc4nc(Nc5ccc(S(=O)(=O)O)cc5)nc(NC(C)C)n4)cc3S(=O)(=O)O)c(S(=O)(=O)O)c2)n1. The lowest BCUT2D eigenvalue weighted by atomic mass is 10.1. The molecule has 0 amide bonds. The van der Waals surface area contributed by atoms with Gasteiger partial charge in [0.25, 0.3) is 40.5 Å². The molecular formula is C38H40N12O12S4. The van der Waals surface area contributed by atoms with Gasteiger partial charge in [0.1, 0.15) is 9.79 Å². The van der Waals surface area contributed by atoms with E-state index in [0.717, 1.165) is 36.4 Å². The maximum absolute atomic E-state index is 12.7. The van der Waals surface area contributed by atoms with Crippen LogP contribution in [0.25, 0.3) is 12.2 Å². The van der Waals surface area contributed by atoms with Gasteiger partial charge in [0.2, 0.25) is 35.7 Å². The van der Waals surface area contributed by atoms with Crippen LogP contribution in [0.15, 0.2) is 105 Å². The maximum atomic E-state index is 12.7. The van der Waals surface area contributed by atoms with Gasteiger partial charge in [-0.3, -0.25) is 18.2 Å². The number of benzene rings is 4. The smallest absolute Gasteiger partial charge is 0.295 e. The first-order valence-electron chi connectivity index (χ1n) is 19.0. The Kier molecular flexibility index (Phi) is 14.2. The number of nitrogens with zero attached hydrogens (tertiary/aromatic N) is 6. The molecule has 0 bridgehead atoms. The zero-order valence-electron chi connectivity index (χ0n) is 34.8. The second kappa shape index (κ2) is 19.3. The molecule has 4 aromatic carbocycles. The first kappa shape index (κ1) is 48.5. The lowest BCUT2D eigenvalue weighted by molar-refractivity contribution is 0.480. The summed E-state index contributed by atoms with van der Waals surface area (Å²) in [6.07, 6.45) is 2.40. The summed E-state index contributed by atoms with van der Waals surface area (Å²) in [6.45, 7) is 7.29. The Morgan fingerprint density at radius 1 is 0.394 bits per heavy atom. The summed E-state index contributed by atoms with van der Waals surface area (Å²) in [5.41, 5.74) is 0.657. The van der Waals surface area contributed by atoms with Gasteiger partial charge in [0.15, 0.2) is 0 Å². The first-order valence-corrected chi connectivity index (χ1v) is 24.7. The van der Waals surface area contributed by atoms with E-state index < -0.39 is 50.3 Å². The van der Waals surface area contributed by atoms with Crippen molar-refractivity contribution in [2.45, 2.75) is 59.4 Å². The third-order valence-electron chi connectivity index (χ3n) is 8.46. The molecule has 0 fully saturated rings. The molecule has 66 heavy (non-hydrogen) atoms. The lowest BCUT2D eigenvalue weighted by Gasteiger charge is -2.14. The molecule has 24 nitrogen and oxygen atoms in total. The van der Waals surface area contributed by atoms with Crippen LogP contribution in [0.4, 0.5) is 58.4 Å². The van der Waals surface area contributed by atoms with Crippen LogP contribution in [0.5, 0.6) is 0 Å². The van der Waals surface area contributed by atoms with Crippen LogP contribution in [-0.4, -0.2) is 93.9 Å². The Bertz CT molecular complexity index is 3050. The highest BCUT2D eigenvalue weighted by Crippen LogP contribution is 2.29. The Labute approximate surface area is 378 Å². The van der Waals surface area contributed by atoms with Gasteiger partial charge in [-0.2, -0.15) is 63.6 Å². The second-order valence-corrected chi connectivity index (χ2v) is 20.1. The van der Waals surface area contributed by atoms with Gasteiger partial charge in [-0.05, 0) is 112 Å². The van der Waals surface area contributed by atoms with Crippen molar-refractivity contribution in [2.75, 3.05) is 31.9 Å². The predicted molar refractivity (Wildman–Crippen MR) is 244 cm³/mol. The van der Waals surface area contributed by atoms with E-state index in [9.17, 15) is 51.9 Å². The molecule has 0 saturated carbocycles. The quantitative estimate of drug-likeness (QED) is 0.0357. The van der Waals surface area contributed by atoms with E-state index in [0.29, 0.717) is 11.4 Å². The summed E-state index contributed by atoms with van der Waals surface area (Å²) in [4.78, 5) is 23.9. The van der Waals surface area contributed by atoms with Crippen molar-refractivity contribution >= 4 is 111 Å². The molecule has 28 heteroatoms. The molecule has 6 rings (SSSR count). The molecule has 0 radical (unpaired) electrons. The molecule has 348 valence electrons. The number of hydrogen-bond acceptors (Lipinski definition) is 20. The zero-order chi connectivity index (χ0) is 48.2. The second-order valence-electron chi connectivity index (χ2n) is 14.5. The van der Waals surface area contributed by atoms with Crippen molar-refractivity contribution in [3.05, 3.63) is 96.1 Å². The first-order chi connectivity index (χ1) is 30.8. The Morgan fingerprint density at radius 3 is 0.939 bits per heavy atom. The van der Waals surface area contributed by atoms with Crippen LogP contribution in [0.1, 0.15) is 38.8 Å². The van der Waals surface area contributed by atoms with E-state index in [-0.39, 0.29) is 80.1 Å². The normalized spacial score (nSPS) is 12.3. The van der Waals surface area contributed by atoms with Gasteiger partial charge in [-0.15, -0.1) is 0 Å². The molecule has 0 saturated heterocycles. The van der Waals surface area contributed by atoms with Gasteiger partial charge in [0.05, 0.1) is 9.79 Å². The van der Waals surface area contributed by atoms with Crippen molar-refractivity contribution in [1.29, 1.82) is 0 Å². The minimum atomic E-state index is -4.93. The fourth-order valence-electron chi connectivity index (χ4n) is 5.68. The summed E-state index contributed by atoms with van der Waals surface area (Å²) in [5, 5.41) is 17.5. The van der Waals surface area contributed by atoms with E-state index in [4.69, 9.17) is 0 Å². The van der Waals surface area contributed by atoms with Crippen molar-refractivity contribution < 1.29 is 51.9 Å². The minimum absolute atomic E-state index is 0.0205. The summed E-state index contributed by atoms with van der Waals surface area (Å²) in [6, 6.07) is 17.4. The van der Waals surface area contributed by atoms with E-state index in [1.165, 1.54) is 60.7 Å². The predicted octanol–water partition coefficient (Wildman–Crippen LogP) is 5.83. The molecule has 2 aromatic heterocycles. The van der Waals surface area contributed by atoms with Crippen LogP contribution in [-0.2, 0) is 40.5 Å². The van der Waals surface area contributed by atoms with Gasteiger partial charge in [-0.1, -0.05) is 24.3 Å². The average molecular weight is 985 g/mol. The van der Waals surface area contributed by atoms with E-state index in [1.54, 1.807) is 0 Å². The number of rotatable bonds is 18. The highest BCUT2D eigenvalue weighted by Gasteiger charge is 2.20. The third-order valence-corrected chi connectivity index (χ3v) is 12.0. The molecule has 2 heterocycles. The molecule has 6 aromatic rings. The fourth-order valence-corrected chi connectivity index (χ4v) is 8.06. The van der Waals surface area contributed by atoms with Crippen molar-refractivity contribution in [1.82, 2.24) is 29.9 Å². The molecule has 0 aliphatic carbocycles. The molecule has 0 unspecified atom stereocenters. The molecule has 0 aliphatic heterocycles. The number of aromatic nitrogens is 6. The van der Waals surface area contributed by atoms with Crippen LogP contribution in [0.2, 0.25) is 0 Å². The minimum Gasteiger partial charge on any atom is -0.352 e. The Balaban J connectivity index is 1.27. The van der Waals surface area contributed by atoms with Gasteiger partial charge in [-0.25, -0.2) is 0 Å². The van der Waals surface area contributed by atoms with Crippen molar-refractivity contribution in [3.8, 4) is 0 Å². The largest absolute Gasteiger partial charge is 0.352 e. The lowest BCUT2D eigenvalue weighted by Crippen LogP contribution is -2.15. The molecule has 0 aliphatic rings. The standard InChI is InChI=1S/C38H40N12O12S4/c1-21(2)39-33-45-35(41-25-11-15-29(16-12-25)63(51,52)53)49-37(47-33)43-27-9-7-23(31(19-27)65(57,58)59)5-6-24-8-10-28(20-32(24)66(60,61)62)44-38-48-34(40-22(3)4)46-36(50-38)42-26-13-17-30(18-14-26)64(54,55)56/h5-22H,1-4H3,(H,51,52,53)(H,54,55,56)(H,57,58,59)(H,60,61,62)(H3,39,41,43,45,47,49)(H3,40,42,44,46,48,50). The molecule has 0 spiro atoms. The van der Waals surface area contributed by atoms with E-state index >= 15 is 0 Å². The van der Waals surface area contributed by atoms with E-state index in [2.05, 4.69) is 61.8 Å². The summed E-state index contributed by atoms with van der Waals surface area (Å²) < 4.78 is 136. The van der Waals surface area contributed by atoms with Crippen LogP contribution < -0.4 is 31.9 Å². The third kappa shape index (κ3) is 13.3. The average Bonchev–Trinajstić information content (AvgIpc) is 3.19. The highest BCUT2D eigenvalue weighted by atomic mass is 32.2. The molecule has 10 N–H and O–H groups in total. The van der Waals surface area contributed by atoms with Gasteiger partial charge >= 0.3 is 0 Å². The Hall–Kier alpha value is -6.92. The van der Waals surface area contributed by atoms with Crippen molar-refractivity contribution in [2.24, 2.45) is 0 Å². The summed E-state index contributed by atoms with van der Waals surface area (Å²) in [5.74, 6) is -0.0345. The number of anilines is 10. The summed E-state index contributed by atoms with van der Waals surface area (Å²) >= 11 is 0. The van der Waals surface area contributed by atoms with Crippen molar-refractivity contribution in [3.63, 3.8) is 0 Å². The fraction of sp³-hybridized carbons (Fsp3) is 0.158. The highest BCUT2D eigenvalue weighted by molar-refractivity contribution is 7.86. The molecular weight excluding hydrogens is 945 g/mol. The topological polar surface area (TPSA) is 367 Å². The monoisotopic (exact) mass is 984 g/mol. The maximum Gasteiger partial charge on any atom is 0.295 e. The Morgan fingerprint density at radius 2 is 0.667 bits per heavy atom.